The van der Waals surface area contributed by atoms with E-state index in [9.17, 15) is 18.0 Å². The number of carbonyl (C=O) groups is 1. The lowest BCUT2D eigenvalue weighted by molar-refractivity contribution is -0.169. The van der Waals surface area contributed by atoms with Gasteiger partial charge in [0.25, 0.3) is 0 Å². The third-order valence-corrected chi connectivity index (χ3v) is 0.648. The predicted octanol–water partition coefficient (Wildman–Crippen LogP) is 0.665. The van der Waals surface area contributed by atoms with E-state index in [0.29, 0.717) is 0 Å². The zero-order valence-electron chi connectivity index (χ0n) is 6.01. The number of halogens is 3. The number of alkyl halides is 3. The fourth-order valence-electron chi connectivity index (χ4n) is 0.241. The lowest BCUT2D eigenvalue weighted by Gasteiger charge is -2.02. The quantitative estimate of drug-likeness (QED) is 0.425. The molecule has 64 valence electrons. The first-order valence-electron chi connectivity index (χ1n) is 2.66. The summed E-state index contributed by atoms with van der Waals surface area (Å²) in [5, 5.41) is 0. The van der Waals surface area contributed by atoms with Gasteiger partial charge in [0.2, 0.25) is 0 Å². The first-order chi connectivity index (χ1) is 4.84. The Morgan fingerprint density at radius 1 is 1.45 bits per heavy atom. The molecule has 0 spiro atoms. The number of carbonyl (C=O) groups excluding carboxylic acids is 1. The maximum Gasteiger partial charge on any atom is 0.473 e. The van der Waals surface area contributed by atoms with Crippen LogP contribution in [0.15, 0.2) is 4.99 Å². The summed E-state index contributed by atoms with van der Waals surface area (Å²) >= 11 is 0. The molecule has 0 saturated carbocycles. The van der Waals surface area contributed by atoms with Crippen LogP contribution in [0, 0.1) is 0 Å². The minimum absolute atomic E-state index is 0.801. The minimum Gasteiger partial charge on any atom is -0.369 e. The van der Waals surface area contributed by atoms with E-state index in [2.05, 4.69) is 4.99 Å². The second-order valence-electron chi connectivity index (χ2n) is 2.01. The van der Waals surface area contributed by atoms with Crippen molar-refractivity contribution in [2.45, 2.75) is 6.18 Å². The van der Waals surface area contributed by atoms with Gasteiger partial charge in [-0.15, -0.1) is 0 Å². The maximum atomic E-state index is 11.4. The van der Waals surface area contributed by atoms with Crippen LogP contribution in [-0.2, 0) is 4.79 Å². The molecule has 0 aromatic rings. The molecule has 0 N–H and O–H groups in total. The molecular weight excluding hydrogens is 161 g/mol. The molecule has 0 aromatic carbocycles. The Kier molecular flexibility index (Phi) is 3.03. The Bertz CT molecular complexity index is 173. The molecule has 0 aliphatic carbocycles. The van der Waals surface area contributed by atoms with Crippen LogP contribution in [-0.4, -0.2) is 37.4 Å². The van der Waals surface area contributed by atoms with Gasteiger partial charge in [-0.2, -0.15) is 18.2 Å². The van der Waals surface area contributed by atoms with Gasteiger partial charge in [-0.05, 0) is 0 Å². The normalized spacial score (nSPS) is 12.1. The molecule has 0 rings (SSSR count). The molecule has 0 aliphatic rings. The van der Waals surface area contributed by atoms with E-state index < -0.39 is 12.1 Å². The van der Waals surface area contributed by atoms with Crippen molar-refractivity contribution < 1.29 is 18.0 Å². The largest absolute Gasteiger partial charge is 0.473 e. The van der Waals surface area contributed by atoms with Crippen LogP contribution in [0.25, 0.3) is 0 Å². The molecule has 0 bridgehead atoms. The molecule has 0 heterocycles. The van der Waals surface area contributed by atoms with E-state index in [1.807, 2.05) is 0 Å². The number of aliphatic imine (C=N–C) groups is 1. The van der Waals surface area contributed by atoms with Crippen molar-refractivity contribution in [2.75, 3.05) is 14.1 Å². The van der Waals surface area contributed by atoms with Gasteiger partial charge in [-0.25, -0.2) is 0 Å². The van der Waals surface area contributed by atoms with Crippen LogP contribution in [0.4, 0.5) is 13.2 Å². The smallest absolute Gasteiger partial charge is 0.369 e. The summed E-state index contributed by atoms with van der Waals surface area (Å²) in [6.07, 6.45) is -4.07. The summed E-state index contributed by atoms with van der Waals surface area (Å²) in [5.41, 5.74) is 0. The highest BCUT2D eigenvalue weighted by atomic mass is 19.4. The monoisotopic (exact) mass is 168 g/mol. The lowest BCUT2D eigenvalue weighted by atomic mass is 10.6. The van der Waals surface area contributed by atoms with E-state index in [4.69, 9.17) is 0 Å². The molecule has 0 radical (unpaired) electrons. The summed E-state index contributed by atoms with van der Waals surface area (Å²) in [4.78, 5) is 13.9. The van der Waals surface area contributed by atoms with Gasteiger partial charge in [0.1, 0.15) is 0 Å². The fraction of sp³-hybridized carbons (Fsp3) is 0.600. The van der Waals surface area contributed by atoms with Gasteiger partial charge >= 0.3 is 12.1 Å². The predicted molar refractivity (Wildman–Crippen MR) is 33.2 cm³/mol. The molecule has 0 atom stereocenters. The van der Waals surface area contributed by atoms with E-state index in [-0.39, 0.29) is 0 Å². The first kappa shape index (κ1) is 9.93. The van der Waals surface area contributed by atoms with E-state index in [1.54, 1.807) is 0 Å². The Balaban J connectivity index is 4.09. The van der Waals surface area contributed by atoms with Gasteiger partial charge in [0.15, 0.2) is 0 Å². The van der Waals surface area contributed by atoms with Gasteiger partial charge in [0, 0.05) is 14.1 Å². The lowest BCUT2D eigenvalue weighted by Crippen LogP contribution is -2.22. The molecule has 0 saturated heterocycles. The van der Waals surface area contributed by atoms with Gasteiger partial charge in [0.05, 0.1) is 6.34 Å². The molecule has 0 fully saturated rings. The summed E-state index contributed by atoms with van der Waals surface area (Å²) in [7, 11) is 2.93. The third-order valence-electron chi connectivity index (χ3n) is 0.648. The first-order valence-corrected chi connectivity index (χ1v) is 2.66. The van der Waals surface area contributed by atoms with E-state index >= 15 is 0 Å². The standard InChI is InChI=1S/C5H7F3N2O/c1-10(2)3-9-4(11)5(6,7)8/h3H,1-2H3. The van der Waals surface area contributed by atoms with Crippen LogP contribution in [0.1, 0.15) is 0 Å². The highest BCUT2D eigenvalue weighted by Gasteiger charge is 2.38. The summed E-state index contributed by atoms with van der Waals surface area (Å²) in [6.45, 7) is 0. The zero-order chi connectivity index (χ0) is 9.07. The highest BCUT2D eigenvalue weighted by Crippen LogP contribution is 2.15. The van der Waals surface area contributed by atoms with E-state index in [1.165, 1.54) is 19.0 Å². The topological polar surface area (TPSA) is 32.7 Å². The van der Waals surface area contributed by atoms with Crippen molar-refractivity contribution in [3.8, 4) is 0 Å². The van der Waals surface area contributed by atoms with Crippen molar-refractivity contribution in [1.29, 1.82) is 0 Å². The van der Waals surface area contributed by atoms with Crippen molar-refractivity contribution in [3.05, 3.63) is 0 Å². The van der Waals surface area contributed by atoms with Crippen LogP contribution >= 0.6 is 0 Å². The number of hydrogen-bond donors (Lipinski definition) is 0. The van der Waals surface area contributed by atoms with Gasteiger partial charge in [-0.1, -0.05) is 0 Å². The van der Waals surface area contributed by atoms with Crippen LogP contribution in [0.5, 0.6) is 0 Å². The molecule has 6 heteroatoms. The number of nitrogens with zero attached hydrogens (tertiary/aromatic N) is 2. The second-order valence-corrected chi connectivity index (χ2v) is 2.01. The van der Waals surface area contributed by atoms with Crippen molar-refractivity contribution in [2.24, 2.45) is 4.99 Å². The molecule has 0 aromatic heterocycles. The molecule has 1 amide bonds. The second kappa shape index (κ2) is 3.36. The third kappa shape index (κ3) is 4.35. The summed E-state index contributed by atoms with van der Waals surface area (Å²) in [6, 6.07) is 0. The maximum absolute atomic E-state index is 11.4. The van der Waals surface area contributed by atoms with Crippen molar-refractivity contribution in [3.63, 3.8) is 0 Å². The van der Waals surface area contributed by atoms with Crippen LogP contribution in [0.3, 0.4) is 0 Å². The Labute approximate surface area is 61.5 Å². The van der Waals surface area contributed by atoms with Crippen molar-refractivity contribution >= 4 is 12.2 Å². The minimum atomic E-state index is -4.87. The van der Waals surface area contributed by atoms with Gasteiger partial charge in [-0.3, -0.25) is 4.79 Å². The Hall–Kier alpha value is -1.07. The highest BCUT2D eigenvalue weighted by molar-refractivity contribution is 5.88. The number of hydrogen-bond acceptors (Lipinski definition) is 1. The SMILES string of the molecule is CN(C)C=NC(=O)C(F)(F)F. The Morgan fingerprint density at radius 3 is 2.18 bits per heavy atom. The summed E-state index contributed by atoms with van der Waals surface area (Å²) < 4.78 is 34.3. The number of rotatable bonds is 1. The molecule has 0 unspecified atom stereocenters. The average Bonchev–Trinajstić information content (AvgIpc) is 1.80. The average molecular weight is 168 g/mol. The zero-order valence-corrected chi connectivity index (χ0v) is 6.01. The van der Waals surface area contributed by atoms with E-state index in [0.717, 1.165) is 6.34 Å². The molecule has 0 aliphatic heterocycles. The molecule has 11 heavy (non-hydrogen) atoms. The van der Waals surface area contributed by atoms with Crippen molar-refractivity contribution in [1.82, 2.24) is 4.90 Å². The molecular formula is C5H7F3N2O. The fourth-order valence-corrected chi connectivity index (χ4v) is 0.241. The Morgan fingerprint density at radius 2 is 1.91 bits per heavy atom. The van der Waals surface area contributed by atoms with Crippen LogP contribution in [0.2, 0.25) is 0 Å². The summed E-state index contributed by atoms with van der Waals surface area (Å²) in [5.74, 6) is -2.09. The molecule has 3 nitrogen and oxygen atoms in total. The number of amides is 1. The van der Waals surface area contributed by atoms with Crippen LogP contribution < -0.4 is 0 Å². The van der Waals surface area contributed by atoms with Gasteiger partial charge < -0.3 is 4.90 Å².